The molecule has 2 aromatic carbocycles. The van der Waals surface area contributed by atoms with Crippen molar-refractivity contribution in [3.8, 4) is 0 Å². The molecule has 7 nitrogen and oxygen atoms in total. The quantitative estimate of drug-likeness (QED) is 0.513. The average molecular weight is 513 g/mol. The summed E-state index contributed by atoms with van der Waals surface area (Å²) in [6, 6.07) is 12.6. The van der Waals surface area contributed by atoms with Gasteiger partial charge in [-0.25, -0.2) is 8.42 Å². The van der Waals surface area contributed by atoms with Gasteiger partial charge in [0.25, 0.3) is 0 Å². The Balaban J connectivity index is 1.83. The summed E-state index contributed by atoms with van der Waals surface area (Å²) in [7, 11) is -0.131. The lowest BCUT2D eigenvalue weighted by Gasteiger charge is -2.32. The molecule has 10 heteroatoms. The number of likely N-dealkylation sites (N-methyl/N-ethyl adjacent to an activating group) is 1. The summed E-state index contributed by atoms with van der Waals surface area (Å²) in [5.74, 6) is -0.0378. The highest BCUT2D eigenvalue weighted by molar-refractivity contribution is 7.88. The van der Waals surface area contributed by atoms with Gasteiger partial charge in [-0.1, -0.05) is 41.4 Å². The molecular formula is C23H30Cl2N4O3S. The van der Waals surface area contributed by atoms with Crippen LogP contribution in [0.15, 0.2) is 42.5 Å². The molecule has 1 N–H and O–H groups in total. The normalized spacial score (nSPS) is 15.6. The highest BCUT2D eigenvalue weighted by Crippen LogP contribution is 2.27. The molecule has 0 aliphatic carbocycles. The van der Waals surface area contributed by atoms with E-state index in [9.17, 15) is 13.2 Å². The third kappa shape index (κ3) is 7.07. The first-order valence-corrected chi connectivity index (χ1v) is 13.4. The van der Waals surface area contributed by atoms with Crippen molar-refractivity contribution >= 4 is 44.8 Å². The van der Waals surface area contributed by atoms with Crippen molar-refractivity contribution in [2.75, 3.05) is 45.4 Å². The number of carbonyl (C=O) groups is 1. The largest absolute Gasteiger partial charge is 0.337 e. The Bertz CT molecular complexity index is 1090. The molecule has 0 aromatic heterocycles. The van der Waals surface area contributed by atoms with E-state index in [1.54, 1.807) is 29.2 Å². The first kappa shape index (κ1) is 25.8. The Morgan fingerprint density at radius 2 is 1.79 bits per heavy atom. The number of rotatable bonds is 9. The third-order valence-electron chi connectivity index (χ3n) is 5.89. The summed E-state index contributed by atoms with van der Waals surface area (Å²) in [4.78, 5) is 17.3. The number of halogens is 2. The van der Waals surface area contributed by atoms with Crippen LogP contribution >= 0.6 is 23.2 Å². The van der Waals surface area contributed by atoms with Gasteiger partial charge in [0.1, 0.15) is 0 Å². The Kier molecular flexibility index (Phi) is 8.64. The molecule has 0 bridgehead atoms. The van der Waals surface area contributed by atoms with Gasteiger partial charge in [0.2, 0.25) is 15.9 Å². The van der Waals surface area contributed by atoms with E-state index in [1.807, 2.05) is 25.2 Å². The highest BCUT2D eigenvalue weighted by Gasteiger charge is 2.26. The molecule has 1 heterocycles. The molecule has 0 radical (unpaired) electrons. The van der Waals surface area contributed by atoms with Crippen LogP contribution in [0.25, 0.3) is 0 Å². The van der Waals surface area contributed by atoms with Crippen molar-refractivity contribution in [1.29, 1.82) is 0 Å². The number of carbonyl (C=O) groups excluding carboxylic acids is 1. The second-order valence-electron chi connectivity index (χ2n) is 8.42. The molecule has 0 saturated carbocycles. The van der Waals surface area contributed by atoms with E-state index in [0.29, 0.717) is 22.3 Å². The van der Waals surface area contributed by atoms with Gasteiger partial charge < -0.3 is 15.2 Å². The smallest absolute Gasteiger partial charge is 0.227 e. The van der Waals surface area contributed by atoms with E-state index in [4.69, 9.17) is 23.2 Å². The SMILES string of the molecule is CN(C(=O)Cc1ccc(Cl)c(Cl)c1)[C@H](CN1CCCC1)c1cccc(NN(C)S(C)(=O)=O)c1. The first-order valence-electron chi connectivity index (χ1n) is 10.8. The van der Waals surface area contributed by atoms with Crippen LogP contribution in [-0.2, 0) is 21.2 Å². The van der Waals surface area contributed by atoms with Crippen LogP contribution in [0.3, 0.4) is 0 Å². The van der Waals surface area contributed by atoms with Crippen LogP contribution in [0.2, 0.25) is 10.0 Å². The summed E-state index contributed by atoms with van der Waals surface area (Å²) < 4.78 is 24.6. The molecule has 0 spiro atoms. The Hall–Kier alpha value is -1.84. The number of hydrogen-bond acceptors (Lipinski definition) is 5. The number of likely N-dealkylation sites (tertiary alicyclic amines) is 1. The lowest BCUT2D eigenvalue weighted by atomic mass is 10.0. The molecule has 0 unspecified atom stereocenters. The minimum atomic E-state index is -3.39. The number of hydrogen-bond donors (Lipinski definition) is 1. The van der Waals surface area contributed by atoms with E-state index < -0.39 is 10.0 Å². The van der Waals surface area contributed by atoms with Crippen molar-refractivity contribution in [2.24, 2.45) is 0 Å². The van der Waals surface area contributed by atoms with Gasteiger partial charge in [-0.05, 0) is 61.3 Å². The van der Waals surface area contributed by atoms with Crippen LogP contribution in [0, 0.1) is 0 Å². The topological polar surface area (TPSA) is 73.0 Å². The molecule has 1 amide bonds. The molecule has 1 saturated heterocycles. The second-order valence-corrected chi connectivity index (χ2v) is 11.2. The minimum Gasteiger partial charge on any atom is -0.337 e. The fourth-order valence-electron chi connectivity index (χ4n) is 3.86. The third-order valence-corrected chi connectivity index (χ3v) is 7.71. The van der Waals surface area contributed by atoms with E-state index in [0.717, 1.165) is 47.7 Å². The fourth-order valence-corrected chi connectivity index (χ4v) is 4.46. The molecule has 2 aromatic rings. The Labute approximate surface area is 206 Å². The molecular weight excluding hydrogens is 483 g/mol. The minimum absolute atomic E-state index is 0.0378. The van der Waals surface area contributed by atoms with Crippen LogP contribution in [0.5, 0.6) is 0 Å². The van der Waals surface area contributed by atoms with Gasteiger partial charge in [0.15, 0.2) is 0 Å². The van der Waals surface area contributed by atoms with Crippen molar-refractivity contribution in [2.45, 2.75) is 25.3 Å². The van der Waals surface area contributed by atoms with Gasteiger partial charge in [0.05, 0.1) is 34.5 Å². The molecule has 180 valence electrons. The van der Waals surface area contributed by atoms with Crippen molar-refractivity contribution < 1.29 is 13.2 Å². The molecule has 1 aliphatic rings. The monoisotopic (exact) mass is 512 g/mol. The van der Waals surface area contributed by atoms with Gasteiger partial charge >= 0.3 is 0 Å². The Morgan fingerprint density at radius 3 is 2.42 bits per heavy atom. The first-order chi connectivity index (χ1) is 15.5. The number of benzene rings is 2. The summed E-state index contributed by atoms with van der Waals surface area (Å²) in [6.45, 7) is 2.70. The standard InChI is InChI=1S/C23H30Cl2N4O3S/c1-27(23(30)14-17-9-10-20(24)21(25)13-17)22(16-29-11-4-5-12-29)18-7-6-8-19(15-18)26-28(2)33(3,31)32/h6-10,13,15,22,26H,4-5,11-12,14,16H2,1-3H3/t22-/m1/s1. The van der Waals surface area contributed by atoms with Crippen LogP contribution in [0.4, 0.5) is 5.69 Å². The van der Waals surface area contributed by atoms with Gasteiger partial charge in [-0.2, -0.15) is 0 Å². The molecule has 33 heavy (non-hydrogen) atoms. The summed E-state index contributed by atoms with van der Waals surface area (Å²) in [5, 5.41) is 0.878. The number of sulfonamides is 1. The zero-order valence-corrected chi connectivity index (χ0v) is 21.4. The van der Waals surface area contributed by atoms with Crippen LogP contribution in [0.1, 0.15) is 30.0 Å². The van der Waals surface area contributed by atoms with Gasteiger partial charge in [-0.3, -0.25) is 4.79 Å². The van der Waals surface area contributed by atoms with Crippen molar-refractivity contribution in [3.63, 3.8) is 0 Å². The maximum absolute atomic E-state index is 13.2. The van der Waals surface area contributed by atoms with E-state index in [-0.39, 0.29) is 18.4 Å². The number of nitrogens with one attached hydrogen (secondary N) is 1. The highest BCUT2D eigenvalue weighted by atomic mass is 35.5. The molecule has 1 aliphatic heterocycles. The number of hydrazine groups is 1. The molecule has 1 atom stereocenters. The second kappa shape index (κ2) is 11.1. The molecule has 1 fully saturated rings. The van der Waals surface area contributed by atoms with E-state index in [1.165, 1.54) is 7.05 Å². The number of amides is 1. The maximum Gasteiger partial charge on any atom is 0.227 e. The summed E-state index contributed by atoms with van der Waals surface area (Å²) in [5.41, 5.74) is 5.25. The Morgan fingerprint density at radius 1 is 1.09 bits per heavy atom. The lowest BCUT2D eigenvalue weighted by molar-refractivity contribution is -0.131. The lowest BCUT2D eigenvalue weighted by Crippen LogP contribution is -2.39. The van der Waals surface area contributed by atoms with Crippen molar-refractivity contribution in [3.05, 3.63) is 63.6 Å². The number of anilines is 1. The summed E-state index contributed by atoms with van der Waals surface area (Å²) in [6.07, 6.45) is 3.64. The van der Waals surface area contributed by atoms with Gasteiger partial charge in [0, 0.05) is 20.6 Å². The summed E-state index contributed by atoms with van der Waals surface area (Å²) >= 11 is 12.1. The zero-order chi connectivity index (χ0) is 24.2. The van der Waals surface area contributed by atoms with Crippen LogP contribution in [-0.4, -0.2) is 68.5 Å². The zero-order valence-electron chi connectivity index (χ0n) is 19.1. The fraction of sp³-hybridized carbons (Fsp3) is 0.435. The van der Waals surface area contributed by atoms with Gasteiger partial charge in [-0.15, -0.1) is 4.41 Å². The average Bonchev–Trinajstić information content (AvgIpc) is 3.27. The number of nitrogens with zero attached hydrogens (tertiary/aromatic N) is 3. The molecule has 3 rings (SSSR count). The van der Waals surface area contributed by atoms with E-state index >= 15 is 0 Å². The predicted octanol–water partition coefficient (Wildman–Crippen LogP) is 4.05. The van der Waals surface area contributed by atoms with Crippen LogP contribution < -0.4 is 5.43 Å². The maximum atomic E-state index is 13.2. The van der Waals surface area contributed by atoms with Crippen molar-refractivity contribution in [1.82, 2.24) is 14.2 Å². The predicted molar refractivity (Wildman–Crippen MR) is 134 cm³/mol. The van der Waals surface area contributed by atoms with E-state index in [2.05, 4.69) is 10.3 Å².